The smallest absolute Gasteiger partial charge is 0.176 e. The first-order chi connectivity index (χ1) is 6.29. The van der Waals surface area contributed by atoms with E-state index in [4.69, 9.17) is 15.2 Å². The molecule has 72 valence electrons. The lowest BCUT2D eigenvalue weighted by Crippen LogP contribution is -2.29. The Morgan fingerprint density at radius 3 is 2.54 bits per heavy atom. The van der Waals surface area contributed by atoms with Gasteiger partial charge in [0.15, 0.2) is 6.29 Å². The average molecular weight is 182 g/mol. The van der Waals surface area contributed by atoms with Crippen molar-refractivity contribution in [2.24, 2.45) is 5.73 Å². The van der Waals surface area contributed by atoms with Crippen LogP contribution in [0.25, 0.3) is 0 Å². The minimum absolute atomic E-state index is 0.302. The molecule has 0 spiro atoms. The number of nitrogens with two attached hydrogens (primary N) is 1. The van der Waals surface area contributed by atoms with E-state index >= 15 is 0 Å². The van der Waals surface area contributed by atoms with Crippen LogP contribution < -0.4 is 5.73 Å². The van der Waals surface area contributed by atoms with Crippen molar-refractivity contribution in [2.75, 3.05) is 14.2 Å². The molecule has 0 saturated heterocycles. The van der Waals surface area contributed by atoms with Crippen LogP contribution in [-0.2, 0) is 9.47 Å². The minimum Gasteiger partial charge on any atom is -0.354 e. The lowest BCUT2D eigenvalue weighted by atomic mass is 10.1. The Labute approximate surface area is 77.7 Å². The molecule has 0 aliphatic rings. The molecule has 4 heteroatoms. The van der Waals surface area contributed by atoms with Gasteiger partial charge < -0.3 is 15.2 Å². The maximum atomic E-state index is 5.87. The molecule has 13 heavy (non-hydrogen) atoms. The van der Waals surface area contributed by atoms with Crippen molar-refractivity contribution in [3.63, 3.8) is 0 Å². The quantitative estimate of drug-likeness (QED) is 0.696. The van der Waals surface area contributed by atoms with Gasteiger partial charge in [-0.25, -0.2) is 0 Å². The van der Waals surface area contributed by atoms with Crippen molar-refractivity contribution in [3.8, 4) is 0 Å². The molecule has 4 nitrogen and oxygen atoms in total. The van der Waals surface area contributed by atoms with Gasteiger partial charge >= 0.3 is 0 Å². The minimum atomic E-state index is -0.427. The third-order valence-corrected chi connectivity index (χ3v) is 1.83. The predicted molar refractivity (Wildman–Crippen MR) is 49.0 cm³/mol. The Balaban J connectivity index is 2.72. The van der Waals surface area contributed by atoms with Gasteiger partial charge in [-0.05, 0) is 11.6 Å². The number of ether oxygens (including phenoxy) is 2. The molecular formula is C9H14N2O2. The molecule has 1 aromatic heterocycles. The predicted octanol–water partition coefficient (Wildman–Crippen LogP) is 0.700. The summed E-state index contributed by atoms with van der Waals surface area (Å²) >= 11 is 0. The number of aromatic nitrogens is 1. The molecule has 1 heterocycles. The summed E-state index contributed by atoms with van der Waals surface area (Å²) in [5, 5.41) is 0. The number of hydrogen-bond donors (Lipinski definition) is 1. The molecule has 0 saturated carbocycles. The zero-order valence-corrected chi connectivity index (χ0v) is 7.81. The van der Waals surface area contributed by atoms with Gasteiger partial charge in [-0.15, -0.1) is 0 Å². The second-order valence-corrected chi connectivity index (χ2v) is 2.65. The van der Waals surface area contributed by atoms with Gasteiger partial charge in [-0.2, -0.15) is 0 Å². The SMILES string of the molecule is COC(OC)C(N)c1cccnc1. The molecule has 0 amide bonds. The molecule has 0 fully saturated rings. The fourth-order valence-electron chi connectivity index (χ4n) is 1.12. The third-order valence-electron chi connectivity index (χ3n) is 1.83. The normalized spacial score (nSPS) is 13.2. The summed E-state index contributed by atoms with van der Waals surface area (Å²) in [4.78, 5) is 3.97. The number of rotatable bonds is 4. The molecule has 2 N–H and O–H groups in total. The summed E-state index contributed by atoms with van der Waals surface area (Å²) in [5.41, 5.74) is 6.77. The van der Waals surface area contributed by atoms with E-state index in [1.807, 2.05) is 12.1 Å². The summed E-state index contributed by atoms with van der Waals surface area (Å²) in [5.74, 6) is 0. The molecule has 1 atom stereocenters. The number of nitrogens with zero attached hydrogens (tertiary/aromatic N) is 1. The first kappa shape index (κ1) is 10.1. The maximum Gasteiger partial charge on any atom is 0.176 e. The van der Waals surface area contributed by atoms with E-state index in [9.17, 15) is 0 Å². The molecule has 0 aliphatic heterocycles. The van der Waals surface area contributed by atoms with Crippen LogP contribution in [-0.4, -0.2) is 25.5 Å². The first-order valence-electron chi connectivity index (χ1n) is 4.00. The van der Waals surface area contributed by atoms with Crippen molar-refractivity contribution < 1.29 is 9.47 Å². The van der Waals surface area contributed by atoms with Crippen LogP contribution >= 0.6 is 0 Å². The summed E-state index contributed by atoms with van der Waals surface area (Å²) in [6.07, 6.45) is 2.98. The number of pyridine rings is 1. The topological polar surface area (TPSA) is 57.4 Å². The highest BCUT2D eigenvalue weighted by atomic mass is 16.7. The van der Waals surface area contributed by atoms with Gasteiger partial charge in [-0.1, -0.05) is 6.07 Å². The van der Waals surface area contributed by atoms with Crippen LogP contribution in [0.3, 0.4) is 0 Å². The molecule has 0 bridgehead atoms. The van der Waals surface area contributed by atoms with Gasteiger partial charge in [0.1, 0.15) is 0 Å². The number of hydrogen-bond acceptors (Lipinski definition) is 4. The Bertz CT molecular complexity index is 237. The molecule has 1 aromatic rings. The van der Waals surface area contributed by atoms with Gasteiger partial charge in [0, 0.05) is 26.6 Å². The van der Waals surface area contributed by atoms with E-state index in [0.29, 0.717) is 0 Å². The van der Waals surface area contributed by atoms with Gasteiger partial charge in [0.05, 0.1) is 6.04 Å². The van der Waals surface area contributed by atoms with Crippen molar-refractivity contribution in [1.29, 1.82) is 0 Å². The Morgan fingerprint density at radius 1 is 1.38 bits per heavy atom. The van der Waals surface area contributed by atoms with E-state index in [2.05, 4.69) is 4.98 Å². The molecule has 0 radical (unpaired) electrons. The first-order valence-corrected chi connectivity index (χ1v) is 4.00. The lowest BCUT2D eigenvalue weighted by Gasteiger charge is -2.20. The van der Waals surface area contributed by atoms with Crippen LogP contribution in [0.1, 0.15) is 11.6 Å². The Hall–Kier alpha value is -0.970. The van der Waals surface area contributed by atoms with E-state index < -0.39 is 6.29 Å². The number of methoxy groups -OCH3 is 2. The summed E-state index contributed by atoms with van der Waals surface area (Å²) in [6, 6.07) is 3.42. The van der Waals surface area contributed by atoms with Gasteiger partial charge in [0.25, 0.3) is 0 Å². The zero-order chi connectivity index (χ0) is 9.68. The fraction of sp³-hybridized carbons (Fsp3) is 0.444. The average Bonchev–Trinajstić information content (AvgIpc) is 2.21. The van der Waals surface area contributed by atoms with Crippen molar-refractivity contribution in [1.82, 2.24) is 4.98 Å². The summed E-state index contributed by atoms with van der Waals surface area (Å²) in [6.45, 7) is 0. The monoisotopic (exact) mass is 182 g/mol. The van der Waals surface area contributed by atoms with Crippen molar-refractivity contribution in [2.45, 2.75) is 12.3 Å². The standard InChI is InChI=1S/C9H14N2O2/c1-12-9(13-2)8(10)7-4-3-5-11-6-7/h3-6,8-9H,10H2,1-2H3. The Morgan fingerprint density at radius 2 is 2.08 bits per heavy atom. The highest BCUT2D eigenvalue weighted by Crippen LogP contribution is 2.14. The zero-order valence-electron chi connectivity index (χ0n) is 7.81. The molecule has 1 rings (SSSR count). The molecule has 1 unspecified atom stereocenters. The molecule has 0 aromatic carbocycles. The lowest BCUT2D eigenvalue weighted by molar-refractivity contribution is -0.117. The maximum absolute atomic E-state index is 5.87. The molecular weight excluding hydrogens is 168 g/mol. The highest BCUT2D eigenvalue weighted by Gasteiger charge is 2.17. The molecule has 0 aliphatic carbocycles. The van der Waals surface area contributed by atoms with Crippen LogP contribution in [0.15, 0.2) is 24.5 Å². The highest BCUT2D eigenvalue weighted by molar-refractivity contribution is 5.13. The summed E-state index contributed by atoms with van der Waals surface area (Å²) < 4.78 is 10.1. The largest absolute Gasteiger partial charge is 0.354 e. The third kappa shape index (κ3) is 2.48. The second kappa shape index (κ2) is 4.91. The van der Waals surface area contributed by atoms with Crippen LogP contribution in [0.5, 0.6) is 0 Å². The van der Waals surface area contributed by atoms with Gasteiger partial charge in [-0.3, -0.25) is 4.98 Å². The van der Waals surface area contributed by atoms with Crippen molar-refractivity contribution >= 4 is 0 Å². The van der Waals surface area contributed by atoms with Crippen LogP contribution in [0, 0.1) is 0 Å². The Kier molecular flexibility index (Phi) is 3.82. The van der Waals surface area contributed by atoms with E-state index in [0.717, 1.165) is 5.56 Å². The van der Waals surface area contributed by atoms with Crippen molar-refractivity contribution in [3.05, 3.63) is 30.1 Å². The van der Waals surface area contributed by atoms with Crippen LogP contribution in [0.4, 0.5) is 0 Å². The van der Waals surface area contributed by atoms with E-state index in [-0.39, 0.29) is 6.04 Å². The van der Waals surface area contributed by atoms with E-state index in [1.54, 1.807) is 26.6 Å². The fourth-order valence-corrected chi connectivity index (χ4v) is 1.12. The summed E-state index contributed by atoms with van der Waals surface area (Å²) in [7, 11) is 3.12. The van der Waals surface area contributed by atoms with E-state index in [1.165, 1.54) is 0 Å². The second-order valence-electron chi connectivity index (χ2n) is 2.65. The van der Waals surface area contributed by atoms with Crippen LogP contribution in [0.2, 0.25) is 0 Å². The van der Waals surface area contributed by atoms with Gasteiger partial charge in [0.2, 0.25) is 0 Å².